The van der Waals surface area contributed by atoms with Crippen molar-refractivity contribution in [1.82, 2.24) is 0 Å². The van der Waals surface area contributed by atoms with Crippen molar-refractivity contribution in [3.8, 4) is 12.1 Å². The van der Waals surface area contributed by atoms with Crippen LogP contribution in [0.3, 0.4) is 0 Å². The van der Waals surface area contributed by atoms with E-state index in [1.807, 2.05) is 6.07 Å². The van der Waals surface area contributed by atoms with Crippen LogP contribution in [0.4, 0.5) is 0 Å². The number of halogens is 2. The molecule has 54 valence electrons. The Bertz CT molecular complexity index is 175. The van der Waals surface area contributed by atoms with E-state index in [1.54, 1.807) is 6.07 Å². The summed E-state index contributed by atoms with van der Waals surface area (Å²) < 4.78 is -1.31. The van der Waals surface area contributed by atoms with E-state index in [2.05, 4.69) is 0 Å². The summed E-state index contributed by atoms with van der Waals surface area (Å²) in [6.45, 7) is 0. The highest BCUT2D eigenvalue weighted by atomic mass is 35.5. The second kappa shape index (κ2) is 4.39. The van der Waals surface area contributed by atoms with Gasteiger partial charge in [0, 0.05) is 6.42 Å². The molecule has 2 nitrogen and oxygen atoms in total. The van der Waals surface area contributed by atoms with E-state index >= 15 is 0 Å². The predicted octanol–water partition coefficient (Wildman–Crippen LogP) is 2.38. The van der Waals surface area contributed by atoms with Crippen LogP contribution in [0.5, 0.6) is 0 Å². The van der Waals surface area contributed by atoms with Crippen LogP contribution in [0.15, 0.2) is 0 Å². The third-order valence-corrected chi connectivity index (χ3v) is 1.49. The first-order valence-electron chi connectivity index (χ1n) is 2.78. The standard InChI is InChI=1S/C6H6Cl2N2/c7-6(8,5-10)3-1-2-4-9/h1-3H2. The molecule has 0 fully saturated rings. The molecule has 0 saturated carbocycles. The van der Waals surface area contributed by atoms with E-state index in [9.17, 15) is 0 Å². The van der Waals surface area contributed by atoms with Crippen molar-refractivity contribution in [2.45, 2.75) is 23.6 Å². The average molecular weight is 177 g/mol. The quantitative estimate of drug-likeness (QED) is 0.490. The summed E-state index contributed by atoms with van der Waals surface area (Å²) >= 11 is 10.9. The molecule has 0 aliphatic rings. The molecule has 0 unspecified atom stereocenters. The van der Waals surface area contributed by atoms with Crippen LogP contribution in [0.1, 0.15) is 19.3 Å². The number of nitrogens with zero attached hydrogens (tertiary/aromatic N) is 2. The molecule has 0 N–H and O–H groups in total. The SMILES string of the molecule is N#CCCCC(Cl)(Cl)C#N. The van der Waals surface area contributed by atoms with Gasteiger partial charge in [0.15, 0.2) is 0 Å². The lowest BCUT2D eigenvalue weighted by Gasteiger charge is -2.06. The van der Waals surface area contributed by atoms with Crippen molar-refractivity contribution >= 4 is 23.2 Å². The number of hydrogen-bond acceptors (Lipinski definition) is 2. The van der Waals surface area contributed by atoms with Gasteiger partial charge in [0.05, 0.1) is 6.07 Å². The van der Waals surface area contributed by atoms with Gasteiger partial charge in [-0.25, -0.2) is 0 Å². The summed E-state index contributed by atoms with van der Waals surface area (Å²) in [7, 11) is 0. The Kier molecular flexibility index (Phi) is 4.19. The Balaban J connectivity index is 3.52. The zero-order valence-corrected chi connectivity index (χ0v) is 6.78. The minimum absolute atomic E-state index is 0.347. The van der Waals surface area contributed by atoms with Crippen molar-refractivity contribution in [2.75, 3.05) is 0 Å². The van der Waals surface area contributed by atoms with Crippen LogP contribution < -0.4 is 0 Å². The highest BCUT2D eigenvalue weighted by Gasteiger charge is 2.21. The molecule has 0 aliphatic heterocycles. The molecule has 0 rings (SSSR count). The number of nitriles is 2. The van der Waals surface area contributed by atoms with Gasteiger partial charge in [-0.3, -0.25) is 0 Å². The number of rotatable bonds is 3. The molecular weight excluding hydrogens is 171 g/mol. The second-order valence-corrected chi connectivity index (χ2v) is 3.31. The van der Waals surface area contributed by atoms with Gasteiger partial charge in [0.1, 0.15) is 6.07 Å². The maximum Gasteiger partial charge on any atom is 0.203 e. The van der Waals surface area contributed by atoms with Crippen molar-refractivity contribution in [3.63, 3.8) is 0 Å². The summed E-state index contributed by atoms with van der Waals surface area (Å²) in [4.78, 5) is 0. The fraction of sp³-hybridized carbons (Fsp3) is 0.667. The molecule has 0 saturated heterocycles. The van der Waals surface area contributed by atoms with Crippen LogP contribution in [0, 0.1) is 22.7 Å². The lowest BCUT2D eigenvalue weighted by Crippen LogP contribution is -2.07. The molecule has 0 heterocycles. The van der Waals surface area contributed by atoms with Crippen LogP contribution >= 0.6 is 23.2 Å². The van der Waals surface area contributed by atoms with Crippen LogP contribution in [0.2, 0.25) is 0 Å². The fourth-order valence-corrected chi connectivity index (χ4v) is 0.713. The smallest absolute Gasteiger partial charge is 0.198 e. The molecule has 0 amide bonds. The first-order valence-corrected chi connectivity index (χ1v) is 3.54. The van der Waals surface area contributed by atoms with Gasteiger partial charge in [0.2, 0.25) is 4.33 Å². The minimum Gasteiger partial charge on any atom is -0.198 e. The zero-order valence-electron chi connectivity index (χ0n) is 5.27. The Labute approximate surface area is 70.0 Å². The molecular formula is C6H6Cl2N2. The molecule has 0 radical (unpaired) electrons. The molecule has 0 bridgehead atoms. The monoisotopic (exact) mass is 176 g/mol. The van der Waals surface area contributed by atoms with E-state index in [0.29, 0.717) is 19.3 Å². The van der Waals surface area contributed by atoms with Crippen LogP contribution in [-0.4, -0.2) is 4.33 Å². The lowest BCUT2D eigenvalue weighted by atomic mass is 10.2. The van der Waals surface area contributed by atoms with Gasteiger partial charge < -0.3 is 0 Å². The Morgan fingerprint density at radius 1 is 1.30 bits per heavy atom. The largest absolute Gasteiger partial charge is 0.203 e. The Morgan fingerprint density at radius 3 is 2.30 bits per heavy atom. The number of unbranched alkanes of at least 4 members (excludes halogenated alkanes) is 1. The molecule has 4 heteroatoms. The molecule has 0 atom stereocenters. The van der Waals surface area contributed by atoms with Gasteiger partial charge in [-0.2, -0.15) is 10.5 Å². The maximum atomic E-state index is 8.30. The molecule has 0 aromatic heterocycles. The number of alkyl halides is 2. The van der Waals surface area contributed by atoms with Crippen molar-refractivity contribution < 1.29 is 0 Å². The van der Waals surface area contributed by atoms with Gasteiger partial charge in [-0.05, 0) is 12.8 Å². The first kappa shape index (κ1) is 9.56. The molecule has 10 heavy (non-hydrogen) atoms. The van der Waals surface area contributed by atoms with Gasteiger partial charge in [-0.1, -0.05) is 23.2 Å². The van der Waals surface area contributed by atoms with Crippen molar-refractivity contribution in [2.24, 2.45) is 0 Å². The van der Waals surface area contributed by atoms with E-state index in [0.717, 1.165) is 0 Å². The van der Waals surface area contributed by atoms with Crippen molar-refractivity contribution in [3.05, 3.63) is 0 Å². The van der Waals surface area contributed by atoms with Gasteiger partial charge in [-0.15, -0.1) is 0 Å². The average Bonchev–Trinajstić information content (AvgIpc) is 1.89. The summed E-state index contributed by atoms with van der Waals surface area (Å²) in [6, 6.07) is 3.66. The lowest BCUT2D eigenvalue weighted by molar-refractivity contribution is 0.744. The summed E-state index contributed by atoms with van der Waals surface area (Å²) in [5, 5.41) is 16.4. The first-order chi connectivity index (χ1) is 4.62. The Hall–Kier alpha value is -0.440. The van der Waals surface area contributed by atoms with Gasteiger partial charge >= 0.3 is 0 Å². The molecule has 0 aromatic rings. The van der Waals surface area contributed by atoms with Gasteiger partial charge in [0.25, 0.3) is 0 Å². The van der Waals surface area contributed by atoms with E-state index in [-0.39, 0.29) is 0 Å². The van der Waals surface area contributed by atoms with Crippen LogP contribution in [0.25, 0.3) is 0 Å². The highest BCUT2D eigenvalue weighted by Crippen LogP contribution is 2.25. The third-order valence-electron chi connectivity index (χ3n) is 0.943. The molecule has 0 aromatic carbocycles. The van der Waals surface area contributed by atoms with E-state index in [1.165, 1.54) is 0 Å². The minimum atomic E-state index is -1.31. The normalized spacial score (nSPS) is 10.0. The molecule has 0 spiro atoms. The fourth-order valence-electron chi connectivity index (χ4n) is 0.445. The third kappa shape index (κ3) is 4.44. The summed E-state index contributed by atoms with van der Waals surface area (Å²) in [5.74, 6) is 0. The number of hydrogen-bond donors (Lipinski definition) is 0. The van der Waals surface area contributed by atoms with E-state index in [4.69, 9.17) is 33.7 Å². The van der Waals surface area contributed by atoms with Crippen molar-refractivity contribution in [1.29, 1.82) is 10.5 Å². The Morgan fingerprint density at radius 2 is 1.90 bits per heavy atom. The second-order valence-electron chi connectivity index (χ2n) is 1.83. The highest BCUT2D eigenvalue weighted by molar-refractivity contribution is 6.50. The topological polar surface area (TPSA) is 47.6 Å². The van der Waals surface area contributed by atoms with E-state index < -0.39 is 4.33 Å². The maximum absolute atomic E-state index is 8.30. The predicted molar refractivity (Wildman–Crippen MR) is 39.5 cm³/mol. The summed E-state index contributed by atoms with van der Waals surface area (Å²) in [6.07, 6.45) is 1.31. The van der Waals surface area contributed by atoms with Crippen LogP contribution in [-0.2, 0) is 0 Å². The zero-order chi connectivity index (χ0) is 8.04. The summed E-state index contributed by atoms with van der Waals surface area (Å²) in [5.41, 5.74) is 0. The molecule has 0 aliphatic carbocycles.